The third kappa shape index (κ3) is 8.41. The van der Waals surface area contributed by atoms with Crippen LogP contribution >= 0.6 is 23.2 Å². The van der Waals surface area contributed by atoms with Gasteiger partial charge in [-0.1, -0.05) is 35.3 Å². The van der Waals surface area contributed by atoms with Crippen LogP contribution in [0.5, 0.6) is 17.4 Å². The minimum Gasteiger partial charge on any atom is -0.484 e. The fourth-order valence-electron chi connectivity index (χ4n) is 5.92. The van der Waals surface area contributed by atoms with Crippen molar-refractivity contribution in [2.24, 2.45) is 7.05 Å². The van der Waals surface area contributed by atoms with E-state index < -0.39 is 22.8 Å². The fraction of sp³-hybridized carbons (Fsp3) is 0.278. The second kappa shape index (κ2) is 15.2. The number of sulfonamides is 1. The molecule has 0 radical (unpaired) electrons. The van der Waals surface area contributed by atoms with Crippen LogP contribution in [-0.4, -0.2) is 79.2 Å². The lowest BCUT2D eigenvalue weighted by Gasteiger charge is -2.34. The van der Waals surface area contributed by atoms with Gasteiger partial charge in [-0.15, -0.1) is 0 Å². The summed E-state index contributed by atoms with van der Waals surface area (Å²) >= 11 is 12.0. The molecule has 3 aromatic carbocycles. The van der Waals surface area contributed by atoms with Crippen molar-refractivity contribution in [3.8, 4) is 17.4 Å². The van der Waals surface area contributed by atoms with E-state index in [4.69, 9.17) is 32.7 Å². The molecule has 0 saturated carbocycles. The Morgan fingerprint density at radius 3 is 2.25 bits per heavy atom. The highest BCUT2D eigenvalue weighted by molar-refractivity contribution is 7.92. The van der Waals surface area contributed by atoms with Crippen LogP contribution < -0.4 is 13.8 Å². The quantitative estimate of drug-likeness (QED) is 0.135. The number of alkyl halides is 3. The molecule has 1 fully saturated rings. The number of aromatic nitrogens is 2. The molecule has 3 heterocycles. The van der Waals surface area contributed by atoms with Gasteiger partial charge in [0.15, 0.2) is 6.61 Å². The molecule has 1 aliphatic rings. The van der Waals surface area contributed by atoms with Gasteiger partial charge in [0.2, 0.25) is 5.88 Å². The minimum absolute atomic E-state index is 0.00293. The van der Waals surface area contributed by atoms with Crippen LogP contribution in [0.15, 0.2) is 90.0 Å². The Morgan fingerprint density at radius 2 is 1.62 bits per heavy atom. The summed E-state index contributed by atoms with van der Waals surface area (Å²) in [6.45, 7) is 3.45. The second-order valence-corrected chi connectivity index (χ2v) is 14.8. The van der Waals surface area contributed by atoms with Gasteiger partial charge < -0.3 is 18.9 Å². The first kappa shape index (κ1) is 37.3. The number of carbonyl (C=O) groups excluding carboxylic acids is 1. The summed E-state index contributed by atoms with van der Waals surface area (Å²) < 4.78 is 77.8. The lowest BCUT2D eigenvalue weighted by Crippen LogP contribution is -2.48. The van der Waals surface area contributed by atoms with Crippen LogP contribution in [0.3, 0.4) is 0 Å². The molecule has 10 nitrogen and oxygen atoms in total. The standard InChI is InChI=1S/C36H34Cl2F3N5O5S/c1-3-46(52(48,49)29-11-12-30(37)31(38)20-29)26-7-13-34(42-21-26)51-28-10-6-25-18-33(43(2)32(25)19-28)35(47)45-16-14-44(15-17-45)22-24-4-8-27(9-5-24)50-23-36(39,40)41/h4-13,18-21H,3,14-17,22-23H2,1-2H3. The molecule has 2 aromatic heterocycles. The molecule has 1 saturated heterocycles. The molecule has 0 spiro atoms. The number of nitrogens with zero attached hydrogens (tertiary/aromatic N) is 5. The van der Waals surface area contributed by atoms with Gasteiger partial charge in [0.05, 0.1) is 32.3 Å². The zero-order chi connectivity index (χ0) is 37.2. The van der Waals surface area contributed by atoms with Crippen molar-refractivity contribution < 1.29 is 35.9 Å². The lowest BCUT2D eigenvalue weighted by molar-refractivity contribution is -0.153. The number of piperazine rings is 1. The first-order valence-electron chi connectivity index (χ1n) is 16.2. The molecular weight excluding hydrogens is 742 g/mol. The summed E-state index contributed by atoms with van der Waals surface area (Å²) in [6.07, 6.45) is -2.98. The Hall–Kier alpha value is -4.50. The SMILES string of the molecule is CCN(c1ccc(Oc2ccc3cc(C(=O)N4CCN(Cc5ccc(OCC(F)(F)F)cc5)CC4)n(C)c3c2)nc1)S(=O)(=O)c1ccc(Cl)c(Cl)c1. The molecule has 6 rings (SSSR count). The van der Waals surface area contributed by atoms with Crippen molar-refractivity contribution in [1.82, 2.24) is 19.4 Å². The van der Waals surface area contributed by atoms with Gasteiger partial charge in [0, 0.05) is 63.8 Å². The van der Waals surface area contributed by atoms with Crippen molar-refractivity contribution in [1.29, 1.82) is 0 Å². The summed E-state index contributed by atoms with van der Waals surface area (Å²) in [5, 5.41) is 1.24. The smallest absolute Gasteiger partial charge is 0.422 e. The Morgan fingerprint density at radius 1 is 0.904 bits per heavy atom. The van der Waals surface area contributed by atoms with Crippen LogP contribution in [-0.2, 0) is 23.6 Å². The maximum Gasteiger partial charge on any atom is 0.422 e. The van der Waals surface area contributed by atoms with Crippen molar-refractivity contribution in [2.75, 3.05) is 43.6 Å². The molecule has 1 aliphatic heterocycles. The zero-order valence-corrected chi connectivity index (χ0v) is 30.4. The van der Waals surface area contributed by atoms with Gasteiger partial charge in [0.25, 0.3) is 15.9 Å². The minimum atomic E-state index is -4.39. The Balaban J connectivity index is 1.07. The number of hydrogen-bond donors (Lipinski definition) is 0. The first-order chi connectivity index (χ1) is 24.7. The topological polar surface area (TPSA) is 97.2 Å². The van der Waals surface area contributed by atoms with E-state index in [0.29, 0.717) is 49.9 Å². The normalized spacial score (nSPS) is 14.1. The zero-order valence-electron chi connectivity index (χ0n) is 28.1. The fourth-order valence-corrected chi connectivity index (χ4v) is 7.77. The third-order valence-corrected chi connectivity index (χ3v) is 11.3. The summed E-state index contributed by atoms with van der Waals surface area (Å²) in [5.41, 5.74) is 2.59. The Kier molecular flexibility index (Phi) is 10.9. The second-order valence-electron chi connectivity index (χ2n) is 12.1. The average molecular weight is 777 g/mol. The monoisotopic (exact) mass is 775 g/mol. The van der Waals surface area contributed by atoms with E-state index in [1.54, 1.807) is 37.3 Å². The first-order valence-corrected chi connectivity index (χ1v) is 18.4. The summed E-state index contributed by atoms with van der Waals surface area (Å²) in [4.78, 5) is 21.9. The number of halogens is 5. The van der Waals surface area contributed by atoms with Gasteiger partial charge in [-0.05, 0) is 67.1 Å². The van der Waals surface area contributed by atoms with E-state index in [2.05, 4.69) is 9.88 Å². The van der Waals surface area contributed by atoms with E-state index >= 15 is 0 Å². The van der Waals surface area contributed by atoms with Crippen LogP contribution in [0.4, 0.5) is 18.9 Å². The number of anilines is 1. The molecule has 16 heteroatoms. The number of pyridine rings is 1. The molecular formula is C36H34Cl2F3N5O5S. The number of amides is 1. The Bertz CT molecular complexity index is 2170. The summed E-state index contributed by atoms with van der Waals surface area (Å²) in [7, 11) is -2.12. The molecule has 0 bridgehead atoms. The van der Waals surface area contributed by atoms with Crippen molar-refractivity contribution in [3.63, 3.8) is 0 Å². The van der Waals surface area contributed by atoms with Gasteiger partial charge in [0.1, 0.15) is 17.2 Å². The highest BCUT2D eigenvalue weighted by Gasteiger charge is 2.29. The predicted octanol–water partition coefficient (Wildman–Crippen LogP) is 7.79. The van der Waals surface area contributed by atoms with Crippen LogP contribution in [0, 0.1) is 0 Å². The van der Waals surface area contributed by atoms with Gasteiger partial charge in [-0.3, -0.25) is 14.0 Å². The summed E-state index contributed by atoms with van der Waals surface area (Å²) in [6, 6.07) is 21.2. The molecule has 0 aliphatic carbocycles. The number of rotatable bonds is 11. The van der Waals surface area contributed by atoms with E-state index in [1.165, 1.54) is 40.8 Å². The number of ether oxygens (including phenoxy) is 2. The highest BCUT2D eigenvalue weighted by atomic mass is 35.5. The maximum atomic E-state index is 13.6. The van der Waals surface area contributed by atoms with Crippen LogP contribution in [0.25, 0.3) is 10.9 Å². The van der Waals surface area contributed by atoms with Crippen molar-refractivity contribution >= 4 is 55.7 Å². The van der Waals surface area contributed by atoms with Crippen LogP contribution in [0.2, 0.25) is 10.0 Å². The molecule has 5 aromatic rings. The predicted molar refractivity (Wildman–Crippen MR) is 193 cm³/mol. The van der Waals surface area contributed by atoms with Crippen molar-refractivity contribution in [2.45, 2.75) is 24.5 Å². The van der Waals surface area contributed by atoms with E-state index in [0.717, 1.165) is 16.5 Å². The molecule has 1 amide bonds. The van der Waals surface area contributed by atoms with Gasteiger partial charge >= 0.3 is 6.18 Å². The number of benzene rings is 3. The van der Waals surface area contributed by atoms with Gasteiger partial charge in [-0.2, -0.15) is 13.2 Å². The van der Waals surface area contributed by atoms with Crippen molar-refractivity contribution in [3.05, 3.63) is 106 Å². The summed E-state index contributed by atoms with van der Waals surface area (Å²) in [5.74, 6) is 0.796. The number of hydrogen-bond acceptors (Lipinski definition) is 7. The number of fused-ring (bicyclic) bond motifs is 1. The maximum absolute atomic E-state index is 13.6. The number of aryl methyl sites for hydroxylation is 1. The highest BCUT2D eigenvalue weighted by Crippen LogP contribution is 2.31. The van der Waals surface area contributed by atoms with E-state index in [9.17, 15) is 26.4 Å². The average Bonchev–Trinajstić information content (AvgIpc) is 3.45. The van der Waals surface area contributed by atoms with E-state index in [1.807, 2.05) is 34.7 Å². The molecule has 0 unspecified atom stereocenters. The molecule has 0 N–H and O–H groups in total. The van der Waals surface area contributed by atoms with Gasteiger partial charge in [-0.25, -0.2) is 13.4 Å². The van der Waals surface area contributed by atoms with Crippen LogP contribution in [0.1, 0.15) is 23.0 Å². The Labute approximate surface area is 308 Å². The lowest BCUT2D eigenvalue weighted by atomic mass is 10.2. The molecule has 0 atom stereocenters. The number of carbonyl (C=O) groups is 1. The largest absolute Gasteiger partial charge is 0.484 e. The molecule has 52 heavy (non-hydrogen) atoms. The molecule has 274 valence electrons. The van der Waals surface area contributed by atoms with E-state index in [-0.39, 0.29) is 39.0 Å². The third-order valence-electron chi connectivity index (χ3n) is 8.62.